The summed E-state index contributed by atoms with van der Waals surface area (Å²) in [4.78, 5) is 14.0. The zero-order chi connectivity index (χ0) is 17.0. The molecule has 1 N–H and O–H groups in total. The van der Waals surface area contributed by atoms with Crippen molar-refractivity contribution in [2.24, 2.45) is 5.92 Å². The topological polar surface area (TPSA) is 41.6 Å². The van der Waals surface area contributed by atoms with E-state index in [0.29, 0.717) is 19.0 Å². The first kappa shape index (κ1) is 17.6. The van der Waals surface area contributed by atoms with Gasteiger partial charge in [-0.15, -0.1) is 0 Å². The van der Waals surface area contributed by atoms with Gasteiger partial charge in [0.2, 0.25) is 0 Å². The number of nitrogens with one attached hydrogen (secondary N) is 1. The zero-order valence-corrected chi connectivity index (χ0v) is 13.2. The average Bonchev–Trinajstić information content (AvgIpc) is 2.95. The fourth-order valence-electron chi connectivity index (χ4n) is 2.79. The van der Waals surface area contributed by atoms with E-state index in [0.717, 1.165) is 19.0 Å². The third kappa shape index (κ3) is 4.37. The molecule has 128 valence electrons. The lowest BCUT2D eigenvalue weighted by Gasteiger charge is -2.23. The Hall–Kier alpha value is -1.76. The Kier molecular flexibility index (Phi) is 5.51. The highest BCUT2D eigenvalue weighted by Crippen LogP contribution is 2.36. The minimum absolute atomic E-state index is 0.277. The predicted octanol–water partition coefficient (Wildman–Crippen LogP) is 2.54. The second-order valence-electron chi connectivity index (χ2n) is 5.75. The molecule has 4 nitrogen and oxygen atoms in total. The lowest BCUT2D eigenvalue weighted by molar-refractivity contribution is -0.143. The number of ether oxygens (including phenoxy) is 1. The van der Waals surface area contributed by atoms with E-state index >= 15 is 0 Å². The summed E-state index contributed by atoms with van der Waals surface area (Å²) in [6.07, 6.45) is -4.57. The fourth-order valence-corrected chi connectivity index (χ4v) is 2.79. The van der Waals surface area contributed by atoms with E-state index in [1.807, 2.05) is 7.05 Å². The SMILES string of the molecule is CNC[C@@H]1CCN(C(=O)[C@@H](C)Oc2ccccc2C(F)(F)F)C1. The van der Waals surface area contributed by atoms with Gasteiger partial charge in [-0.25, -0.2) is 0 Å². The largest absolute Gasteiger partial charge is 0.480 e. The summed E-state index contributed by atoms with van der Waals surface area (Å²) in [7, 11) is 1.85. The Morgan fingerprint density at radius 1 is 1.43 bits per heavy atom. The molecule has 23 heavy (non-hydrogen) atoms. The number of hydrogen-bond donors (Lipinski definition) is 1. The van der Waals surface area contributed by atoms with Crippen LogP contribution in [-0.2, 0) is 11.0 Å². The van der Waals surface area contributed by atoms with E-state index in [1.54, 1.807) is 4.90 Å². The van der Waals surface area contributed by atoms with E-state index in [1.165, 1.54) is 25.1 Å². The molecule has 0 spiro atoms. The quantitative estimate of drug-likeness (QED) is 0.902. The number of halogens is 3. The maximum Gasteiger partial charge on any atom is 0.419 e. The second-order valence-corrected chi connectivity index (χ2v) is 5.75. The maximum atomic E-state index is 13.0. The molecule has 1 aliphatic rings. The van der Waals surface area contributed by atoms with E-state index in [4.69, 9.17) is 4.74 Å². The van der Waals surface area contributed by atoms with Crippen LogP contribution in [0.15, 0.2) is 24.3 Å². The van der Waals surface area contributed by atoms with E-state index in [-0.39, 0.29) is 11.7 Å². The zero-order valence-electron chi connectivity index (χ0n) is 13.2. The molecule has 0 saturated carbocycles. The highest BCUT2D eigenvalue weighted by molar-refractivity contribution is 5.81. The van der Waals surface area contributed by atoms with E-state index in [2.05, 4.69) is 5.32 Å². The highest BCUT2D eigenvalue weighted by Gasteiger charge is 2.35. The minimum Gasteiger partial charge on any atom is -0.480 e. The Labute approximate surface area is 133 Å². The first-order valence-electron chi connectivity index (χ1n) is 7.59. The third-order valence-electron chi connectivity index (χ3n) is 3.93. The van der Waals surface area contributed by atoms with Crippen LogP contribution in [0.4, 0.5) is 13.2 Å². The van der Waals surface area contributed by atoms with Crippen molar-refractivity contribution in [2.75, 3.05) is 26.7 Å². The molecule has 0 unspecified atom stereocenters. The van der Waals surface area contributed by atoms with Crippen molar-refractivity contribution in [2.45, 2.75) is 25.6 Å². The molecular formula is C16H21F3N2O2. The molecule has 2 rings (SSSR count). The van der Waals surface area contributed by atoms with Gasteiger partial charge in [0.1, 0.15) is 5.75 Å². The van der Waals surface area contributed by atoms with Crippen molar-refractivity contribution in [3.63, 3.8) is 0 Å². The smallest absolute Gasteiger partial charge is 0.419 e. The number of benzene rings is 1. The van der Waals surface area contributed by atoms with Gasteiger partial charge >= 0.3 is 6.18 Å². The average molecular weight is 330 g/mol. The molecule has 1 aromatic carbocycles. The lowest BCUT2D eigenvalue weighted by atomic mass is 10.1. The van der Waals surface area contributed by atoms with Gasteiger partial charge in [0.15, 0.2) is 6.10 Å². The van der Waals surface area contributed by atoms with Crippen LogP contribution in [0.5, 0.6) is 5.75 Å². The molecule has 1 amide bonds. The Morgan fingerprint density at radius 2 is 2.13 bits per heavy atom. The number of alkyl halides is 3. The summed E-state index contributed by atoms with van der Waals surface area (Å²) in [5, 5.41) is 3.07. The number of carbonyl (C=O) groups excluding carboxylic acids is 1. The molecule has 1 heterocycles. The molecule has 2 atom stereocenters. The lowest BCUT2D eigenvalue weighted by Crippen LogP contribution is -2.39. The van der Waals surface area contributed by atoms with Crippen LogP contribution >= 0.6 is 0 Å². The van der Waals surface area contributed by atoms with Crippen molar-refractivity contribution < 1.29 is 22.7 Å². The first-order chi connectivity index (χ1) is 10.8. The van der Waals surface area contributed by atoms with Gasteiger partial charge in [-0.2, -0.15) is 13.2 Å². The second kappa shape index (κ2) is 7.21. The molecule has 0 aromatic heterocycles. The number of carbonyl (C=O) groups is 1. The summed E-state index contributed by atoms with van der Waals surface area (Å²) in [6.45, 7) is 3.52. The first-order valence-corrected chi connectivity index (χ1v) is 7.59. The number of nitrogens with zero attached hydrogens (tertiary/aromatic N) is 1. The minimum atomic E-state index is -4.51. The van der Waals surface area contributed by atoms with Crippen LogP contribution in [-0.4, -0.2) is 43.6 Å². The molecule has 7 heteroatoms. The number of rotatable bonds is 5. The Bertz CT molecular complexity index is 548. The molecule has 0 aliphatic carbocycles. The van der Waals surface area contributed by atoms with Crippen LogP contribution in [0.3, 0.4) is 0 Å². The van der Waals surface area contributed by atoms with Crippen LogP contribution in [0.2, 0.25) is 0 Å². The van der Waals surface area contributed by atoms with Gasteiger partial charge in [0.25, 0.3) is 5.91 Å². The van der Waals surface area contributed by atoms with Crippen molar-refractivity contribution in [3.05, 3.63) is 29.8 Å². The van der Waals surface area contributed by atoms with Crippen LogP contribution in [0.25, 0.3) is 0 Å². The van der Waals surface area contributed by atoms with Crippen molar-refractivity contribution in [1.82, 2.24) is 10.2 Å². The summed E-state index contributed by atoms with van der Waals surface area (Å²) < 4.78 is 44.2. The number of para-hydroxylation sites is 1. The van der Waals surface area contributed by atoms with E-state index < -0.39 is 17.8 Å². The van der Waals surface area contributed by atoms with Crippen LogP contribution < -0.4 is 10.1 Å². The Morgan fingerprint density at radius 3 is 2.78 bits per heavy atom. The van der Waals surface area contributed by atoms with Gasteiger partial charge in [-0.05, 0) is 45.0 Å². The maximum absolute atomic E-state index is 13.0. The van der Waals surface area contributed by atoms with Gasteiger partial charge in [0, 0.05) is 13.1 Å². The summed E-state index contributed by atoms with van der Waals surface area (Å²) >= 11 is 0. The van der Waals surface area contributed by atoms with Gasteiger partial charge in [-0.1, -0.05) is 12.1 Å². The monoisotopic (exact) mass is 330 g/mol. The third-order valence-corrected chi connectivity index (χ3v) is 3.93. The van der Waals surface area contributed by atoms with Gasteiger partial charge in [0.05, 0.1) is 5.56 Å². The van der Waals surface area contributed by atoms with E-state index in [9.17, 15) is 18.0 Å². The summed E-state index contributed by atoms with van der Waals surface area (Å²) in [5.41, 5.74) is -0.867. The normalized spacial score (nSPS) is 19.7. The molecule has 1 fully saturated rings. The molecule has 1 saturated heterocycles. The predicted molar refractivity (Wildman–Crippen MR) is 80.1 cm³/mol. The highest BCUT2D eigenvalue weighted by atomic mass is 19.4. The molecule has 0 radical (unpaired) electrons. The van der Waals surface area contributed by atoms with Crippen molar-refractivity contribution in [1.29, 1.82) is 0 Å². The van der Waals surface area contributed by atoms with Crippen molar-refractivity contribution in [3.8, 4) is 5.75 Å². The van der Waals surface area contributed by atoms with Gasteiger partial charge in [-0.3, -0.25) is 4.79 Å². The molecule has 0 bridgehead atoms. The number of amides is 1. The van der Waals surface area contributed by atoms with Crippen molar-refractivity contribution >= 4 is 5.91 Å². The number of hydrogen-bond acceptors (Lipinski definition) is 3. The van der Waals surface area contributed by atoms with Gasteiger partial charge < -0.3 is 15.0 Å². The molecule has 1 aromatic rings. The Balaban J connectivity index is 2.02. The van der Waals surface area contributed by atoms with Crippen LogP contribution in [0.1, 0.15) is 18.9 Å². The summed E-state index contributed by atoms with van der Waals surface area (Å²) in [6, 6.07) is 4.94. The van der Waals surface area contributed by atoms with Crippen LogP contribution in [0, 0.1) is 5.92 Å². The standard InChI is InChI=1S/C16H21F3N2O2/c1-11(15(22)21-8-7-12(10-21)9-20-2)23-14-6-4-3-5-13(14)16(17,18)19/h3-6,11-12,20H,7-10H2,1-2H3/t11-,12+/m1/s1. The fraction of sp³-hybridized carbons (Fsp3) is 0.562. The summed E-state index contributed by atoms with van der Waals surface area (Å²) in [5.74, 6) is -0.217. The molecular weight excluding hydrogens is 309 g/mol. The number of likely N-dealkylation sites (tertiary alicyclic amines) is 1. The molecule has 1 aliphatic heterocycles.